The van der Waals surface area contributed by atoms with Crippen LogP contribution in [0.3, 0.4) is 0 Å². The van der Waals surface area contributed by atoms with Gasteiger partial charge in [0, 0.05) is 18.3 Å². The van der Waals surface area contributed by atoms with Crippen molar-refractivity contribution >= 4 is 11.8 Å². The molecule has 0 saturated carbocycles. The van der Waals surface area contributed by atoms with Gasteiger partial charge in [-0.15, -0.1) is 0 Å². The van der Waals surface area contributed by atoms with E-state index in [1.54, 1.807) is 19.9 Å². The number of hydrogen-bond donors (Lipinski definition) is 2. The van der Waals surface area contributed by atoms with Crippen molar-refractivity contribution in [3.8, 4) is 5.69 Å². The topological polar surface area (TPSA) is 93.1 Å². The zero-order chi connectivity index (χ0) is 17.7. The van der Waals surface area contributed by atoms with Crippen molar-refractivity contribution in [1.29, 1.82) is 0 Å². The number of carbonyl (C=O) groups is 2. The van der Waals surface area contributed by atoms with Crippen LogP contribution in [0.5, 0.6) is 0 Å². The number of carbonyl (C=O) groups excluding carboxylic acids is 2. The van der Waals surface area contributed by atoms with Gasteiger partial charge in [-0.2, -0.15) is 5.10 Å². The van der Waals surface area contributed by atoms with Crippen LogP contribution in [-0.4, -0.2) is 34.7 Å². The molecular weight excluding hydrogens is 315 g/mol. The predicted octanol–water partition coefficient (Wildman–Crippen LogP) is 0.546. The molecule has 2 N–H and O–H groups in total. The lowest BCUT2D eigenvalue weighted by Gasteiger charge is -2.12. The molecule has 2 aromatic rings. The lowest BCUT2D eigenvalue weighted by molar-refractivity contribution is -0.120. The number of likely N-dealkylation sites (N-methyl/N-ethyl adjacent to an activating group) is 1. The van der Waals surface area contributed by atoms with Gasteiger partial charge in [-0.3, -0.25) is 14.4 Å². The monoisotopic (exact) mass is 332 g/mol. The Bertz CT molecular complexity index is 832. The molecule has 0 aliphatic carbocycles. The van der Waals surface area contributed by atoms with Gasteiger partial charge in [0.15, 0.2) is 5.69 Å². The molecule has 1 heterocycles. The molecule has 0 fully saturated rings. The lowest BCUT2D eigenvalue weighted by Crippen LogP contribution is -2.39. The number of benzene rings is 1. The zero-order valence-electron chi connectivity index (χ0n) is 13.3. The maximum atomic E-state index is 13.9. The van der Waals surface area contributed by atoms with Crippen LogP contribution >= 0.6 is 0 Å². The van der Waals surface area contributed by atoms with Crippen LogP contribution < -0.4 is 16.1 Å². The summed E-state index contributed by atoms with van der Waals surface area (Å²) in [4.78, 5) is 35.5. The maximum Gasteiger partial charge on any atom is 0.276 e. The molecule has 0 radical (unpaired) electrons. The summed E-state index contributed by atoms with van der Waals surface area (Å²) in [5.74, 6) is -1.71. The maximum absolute atomic E-state index is 13.9. The van der Waals surface area contributed by atoms with E-state index in [4.69, 9.17) is 0 Å². The van der Waals surface area contributed by atoms with Crippen LogP contribution in [0.25, 0.3) is 5.69 Å². The Balaban J connectivity index is 2.33. The van der Waals surface area contributed by atoms with E-state index in [9.17, 15) is 18.8 Å². The van der Waals surface area contributed by atoms with Crippen molar-refractivity contribution in [2.24, 2.45) is 0 Å². The van der Waals surface area contributed by atoms with Gasteiger partial charge >= 0.3 is 0 Å². The van der Waals surface area contributed by atoms with Gasteiger partial charge in [-0.25, -0.2) is 9.07 Å². The molecule has 0 aliphatic heterocycles. The molecule has 2 rings (SSSR count). The molecule has 0 aliphatic rings. The Hall–Kier alpha value is -3.03. The van der Waals surface area contributed by atoms with E-state index < -0.39 is 22.8 Å². The van der Waals surface area contributed by atoms with E-state index in [0.29, 0.717) is 12.2 Å². The summed E-state index contributed by atoms with van der Waals surface area (Å²) in [5, 5.41) is 8.78. The van der Waals surface area contributed by atoms with Crippen molar-refractivity contribution in [2.75, 3.05) is 13.1 Å². The molecule has 0 unspecified atom stereocenters. The average Bonchev–Trinajstić information content (AvgIpc) is 2.54. The Labute approximate surface area is 137 Å². The highest BCUT2D eigenvalue weighted by atomic mass is 19.1. The summed E-state index contributed by atoms with van der Waals surface area (Å²) in [6, 6.07) is 7.07. The molecule has 8 heteroatoms. The second-order valence-electron chi connectivity index (χ2n) is 5.00. The Morgan fingerprint density at radius 3 is 2.62 bits per heavy atom. The third-order valence-electron chi connectivity index (χ3n) is 3.19. The fourth-order valence-electron chi connectivity index (χ4n) is 2.08. The normalized spacial score (nSPS) is 10.3. The SMILES string of the molecule is CCNC(=O)CNC(=O)c1nn(-c2ccccc2F)c(C)cc1=O. The smallest absolute Gasteiger partial charge is 0.276 e. The Morgan fingerprint density at radius 1 is 1.25 bits per heavy atom. The number of hydrogen-bond acceptors (Lipinski definition) is 4. The summed E-state index contributed by atoms with van der Waals surface area (Å²) >= 11 is 0. The van der Waals surface area contributed by atoms with E-state index in [1.807, 2.05) is 0 Å². The first-order valence-electron chi connectivity index (χ1n) is 7.34. The molecule has 7 nitrogen and oxygen atoms in total. The minimum Gasteiger partial charge on any atom is -0.355 e. The molecule has 1 aromatic carbocycles. The van der Waals surface area contributed by atoms with E-state index in [1.165, 1.54) is 28.9 Å². The second-order valence-corrected chi connectivity index (χ2v) is 5.00. The number of aromatic nitrogens is 2. The van der Waals surface area contributed by atoms with Crippen LogP contribution in [0.4, 0.5) is 4.39 Å². The first kappa shape index (κ1) is 17.3. The highest BCUT2D eigenvalue weighted by Gasteiger charge is 2.17. The van der Waals surface area contributed by atoms with E-state index in [0.717, 1.165) is 0 Å². The minimum absolute atomic E-state index is 0.118. The van der Waals surface area contributed by atoms with E-state index in [2.05, 4.69) is 15.7 Å². The van der Waals surface area contributed by atoms with Crippen molar-refractivity contribution in [1.82, 2.24) is 20.4 Å². The standard InChI is InChI=1S/C16H17FN4O3/c1-3-18-14(23)9-19-16(24)15-13(22)8-10(2)21(20-15)12-7-5-4-6-11(12)17/h4-8H,3,9H2,1-2H3,(H,18,23)(H,19,24). The minimum atomic E-state index is -0.795. The number of rotatable bonds is 5. The Morgan fingerprint density at radius 2 is 1.96 bits per heavy atom. The summed E-state index contributed by atoms with van der Waals surface area (Å²) in [6.45, 7) is 3.48. The fraction of sp³-hybridized carbons (Fsp3) is 0.250. The van der Waals surface area contributed by atoms with Gasteiger partial charge in [-0.05, 0) is 26.0 Å². The molecule has 2 amide bonds. The number of nitrogens with one attached hydrogen (secondary N) is 2. The molecule has 0 atom stereocenters. The molecule has 0 saturated heterocycles. The summed E-state index contributed by atoms with van der Waals surface area (Å²) in [7, 11) is 0. The van der Waals surface area contributed by atoms with Crippen LogP contribution in [0.1, 0.15) is 23.1 Å². The van der Waals surface area contributed by atoms with Gasteiger partial charge in [0.05, 0.1) is 6.54 Å². The highest BCUT2D eigenvalue weighted by Crippen LogP contribution is 2.12. The van der Waals surface area contributed by atoms with Crippen molar-refractivity contribution in [3.05, 3.63) is 57.8 Å². The summed E-state index contributed by atoms with van der Waals surface area (Å²) in [6.07, 6.45) is 0. The third-order valence-corrected chi connectivity index (χ3v) is 3.19. The number of amides is 2. The van der Waals surface area contributed by atoms with Gasteiger partial charge in [0.1, 0.15) is 11.5 Å². The predicted molar refractivity (Wildman–Crippen MR) is 85.5 cm³/mol. The molecule has 24 heavy (non-hydrogen) atoms. The first-order chi connectivity index (χ1) is 11.4. The van der Waals surface area contributed by atoms with Gasteiger partial charge in [0.2, 0.25) is 11.3 Å². The first-order valence-corrected chi connectivity index (χ1v) is 7.34. The van der Waals surface area contributed by atoms with Gasteiger partial charge in [-0.1, -0.05) is 12.1 Å². The van der Waals surface area contributed by atoms with Crippen molar-refractivity contribution in [2.45, 2.75) is 13.8 Å². The quantitative estimate of drug-likeness (QED) is 0.836. The molecule has 0 spiro atoms. The zero-order valence-corrected chi connectivity index (χ0v) is 13.3. The van der Waals surface area contributed by atoms with E-state index in [-0.39, 0.29) is 18.1 Å². The molecule has 1 aromatic heterocycles. The fourth-order valence-corrected chi connectivity index (χ4v) is 2.08. The second kappa shape index (κ2) is 7.49. The van der Waals surface area contributed by atoms with Crippen LogP contribution in [-0.2, 0) is 4.79 Å². The van der Waals surface area contributed by atoms with Crippen LogP contribution in [0.15, 0.2) is 35.1 Å². The average molecular weight is 332 g/mol. The molecule has 0 bridgehead atoms. The van der Waals surface area contributed by atoms with Gasteiger partial charge in [0.25, 0.3) is 5.91 Å². The largest absolute Gasteiger partial charge is 0.355 e. The number of nitrogens with zero attached hydrogens (tertiary/aromatic N) is 2. The van der Waals surface area contributed by atoms with Crippen molar-refractivity contribution < 1.29 is 14.0 Å². The Kier molecular flexibility index (Phi) is 5.41. The van der Waals surface area contributed by atoms with Crippen molar-refractivity contribution in [3.63, 3.8) is 0 Å². The lowest BCUT2D eigenvalue weighted by atomic mass is 10.2. The highest BCUT2D eigenvalue weighted by molar-refractivity contribution is 5.94. The van der Waals surface area contributed by atoms with E-state index >= 15 is 0 Å². The van der Waals surface area contributed by atoms with Crippen LogP contribution in [0.2, 0.25) is 0 Å². The number of aryl methyl sites for hydroxylation is 1. The van der Waals surface area contributed by atoms with Crippen LogP contribution in [0, 0.1) is 12.7 Å². The summed E-state index contributed by atoms with van der Waals surface area (Å²) < 4.78 is 15.1. The molecular formula is C16H17FN4O3. The number of halogens is 1. The molecule has 126 valence electrons. The summed E-state index contributed by atoms with van der Waals surface area (Å²) in [5.41, 5.74) is -0.514. The van der Waals surface area contributed by atoms with Gasteiger partial charge < -0.3 is 10.6 Å². The number of para-hydroxylation sites is 1. The third kappa shape index (κ3) is 3.83.